The first-order chi connectivity index (χ1) is 15.8. The van der Waals surface area contributed by atoms with Gasteiger partial charge < -0.3 is 4.74 Å². The zero-order valence-electron chi connectivity index (χ0n) is 18.2. The molecule has 0 bridgehead atoms. The van der Waals surface area contributed by atoms with Gasteiger partial charge in [0.25, 0.3) is 15.9 Å². The number of rotatable bonds is 9. The number of anilines is 1. The number of nitrogens with zero attached hydrogens (tertiary/aromatic N) is 2. The lowest BCUT2D eigenvalue weighted by Gasteiger charge is -2.23. The Morgan fingerprint density at radius 3 is 2.36 bits per heavy atom. The number of hydrazone groups is 1. The summed E-state index contributed by atoms with van der Waals surface area (Å²) in [5, 5.41) is 4.47. The molecule has 0 saturated heterocycles. The maximum Gasteiger partial charge on any atom is 0.264 e. The van der Waals surface area contributed by atoms with Gasteiger partial charge in [0.1, 0.15) is 12.3 Å². The Hall–Kier alpha value is -3.36. The van der Waals surface area contributed by atoms with Gasteiger partial charge >= 0.3 is 0 Å². The first-order valence-electron chi connectivity index (χ1n) is 10.2. The van der Waals surface area contributed by atoms with Crippen LogP contribution in [0.5, 0.6) is 5.75 Å². The summed E-state index contributed by atoms with van der Waals surface area (Å²) in [6.45, 7) is 3.74. The molecule has 0 radical (unpaired) electrons. The van der Waals surface area contributed by atoms with Gasteiger partial charge in [0, 0.05) is 5.02 Å². The van der Waals surface area contributed by atoms with E-state index in [1.807, 2.05) is 31.2 Å². The Labute approximate surface area is 198 Å². The Morgan fingerprint density at radius 1 is 1.03 bits per heavy atom. The Kier molecular flexibility index (Phi) is 8.08. The summed E-state index contributed by atoms with van der Waals surface area (Å²) in [4.78, 5) is 12.7. The maximum atomic E-state index is 13.3. The molecule has 0 fully saturated rings. The highest BCUT2D eigenvalue weighted by atomic mass is 35.5. The smallest absolute Gasteiger partial charge is 0.264 e. The van der Waals surface area contributed by atoms with Crippen molar-refractivity contribution in [1.29, 1.82) is 0 Å². The van der Waals surface area contributed by atoms with Crippen LogP contribution < -0.4 is 14.5 Å². The third-order valence-electron chi connectivity index (χ3n) is 4.65. The molecule has 0 aliphatic heterocycles. The van der Waals surface area contributed by atoms with Gasteiger partial charge in [0.2, 0.25) is 0 Å². The third-order valence-corrected chi connectivity index (χ3v) is 6.67. The second kappa shape index (κ2) is 11.0. The molecule has 0 atom stereocenters. The van der Waals surface area contributed by atoms with Crippen LogP contribution in [0.4, 0.5) is 5.69 Å². The van der Waals surface area contributed by atoms with Gasteiger partial charge in [-0.1, -0.05) is 35.9 Å². The molecular formula is C24H24ClN3O4S. The number of hydrogen-bond acceptors (Lipinski definition) is 5. The summed E-state index contributed by atoms with van der Waals surface area (Å²) in [5.74, 6) is 0.140. The quantitative estimate of drug-likeness (QED) is 0.357. The van der Waals surface area contributed by atoms with Gasteiger partial charge in [0.05, 0.1) is 22.9 Å². The fourth-order valence-corrected chi connectivity index (χ4v) is 4.62. The summed E-state index contributed by atoms with van der Waals surface area (Å²) in [6, 6.07) is 21.5. The van der Waals surface area contributed by atoms with E-state index in [1.54, 1.807) is 43.3 Å². The molecule has 0 aromatic heterocycles. The Morgan fingerprint density at radius 2 is 1.73 bits per heavy atom. The van der Waals surface area contributed by atoms with E-state index in [1.165, 1.54) is 18.2 Å². The van der Waals surface area contributed by atoms with Crippen LogP contribution in [0.3, 0.4) is 0 Å². The molecule has 0 spiro atoms. The number of sulfonamides is 1. The lowest BCUT2D eigenvalue weighted by atomic mass is 10.1. The maximum absolute atomic E-state index is 13.3. The van der Waals surface area contributed by atoms with E-state index in [-0.39, 0.29) is 10.6 Å². The standard InChI is InChI=1S/C24H24ClN3O4S/c1-3-32-22-14-12-19(13-15-22)18(2)26-27-24(29)17-28(21-9-7-8-20(25)16-21)33(30,31)23-10-5-4-6-11-23/h4-16H,3,17H2,1-2H3,(H,27,29)/b26-18+. The molecule has 3 aromatic rings. The molecule has 1 amide bonds. The van der Waals surface area contributed by atoms with E-state index in [2.05, 4.69) is 10.5 Å². The fourth-order valence-electron chi connectivity index (χ4n) is 3.00. The molecule has 0 heterocycles. The topological polar surface area (TPSA) is 88.1 Å². The van der Waals surface area contributed by atoms with Gasteiger partial charge in [-0.25, -0.2) is 13.8 Å². The summed E-state index contributed by atoms with van der Waals surface area (Å²) in [7, 11) is -4.02. The lowest BCUT2D eigenvalue weighted by Crippen LogP contribution is -2.39. The number of ether oxygens (including phenoxy) is 1. The van der Waals surface area contributed by atoms with Gasteiger partial charge in [-0.3, -0.25) is 9.10 Å². The second-order valence-electron chi connectivity index (χ2n) is 6.99. The molecule has 172 valence electrons. The van der Waals surface area contributed by atoms with Crippen molar-refractivity contribution in [1.82, 2.24) is 5.43 Å². The zero-order chi connectivity index (χ0) is 23.8. The van der Waals surface area contributed by atoms with Crippen molar-refractivity contribution in [3.8, 4) is 5.75 Å². The number of halogens is 1. The molecule has 0 unspecified atom stereocenters. The minimum absolute atomic E-state index is 0.0619. The Bertz CT molecular complexity index is 1230. The minimum atomic E-state index is -4.02. The Balaban J connectivity index is 1.81. The normalized spacial score (nSPS) is 11.7. The molecular weight excluding hydrogens is 462 g/mol. The van der Waals surface area contributed by atoms with Gasteiger partial charge in [-0.2, -0.15) is 5.10 Å². The predicted molar refractivity (Wildman–Crippen MR) is 130 cm³/mol. The number of amides is 1. The van der Waals surface area contributed by atoms with Crippen LogP contribution in [0, 0.1) is 0 Å². The van der Waals surface area contributed by atoms with E-state index in [9.17, 15) is 13.2 Å². The second-order valence-corrected chi connectivity index (χ2v) is 9.29. The molecule has 0 aliphatic carbocycles. The number of carbonyl (C=O) groups is 1. The third kappa shape index (κ3) is 6.34. The van der Waals surface area contributed by atoms with Crippen LogP contribution in [0.2, 0.25) is 5.02 Å². The largest absolute Gasteiger partial charge is 0.494 e. The monoisotopic (exact) mass is 485 g/mol. The number of carbonyl (C=O) groups excluding carboxylic acids is 1. The molecule has 0 saturated carbocycles. The predicted octanol–water partition coefficient (Wildman–Crippen LogP) is 4.47. The van der Waals surface area contributed by atoms with Gasteiger partial charge in [-0.05, 0) is 74.0 Å². The summed E-state index contributed by atoms with van der Waals surface area (Å²) in [5.41, 5.74) is 4.07. The van der Waals surface area contributed by atoms with E-state index in [4.69, 9.17) is 16.3 Å². The number of hydrogen-bond donors (Lipinski definition) is 1. The zero-order valence-corrected chi connectivity index (χ0v) is 19.8. The molecule has 33 heavy (non-hydrogen) atoms. The van der Waals surface area contributed by atoms with Crippen LogP contribution in [-0.2, 0) is 14.8 Å². The highest BCUT2D eigenvalue weighted by Gasteiger charge is 2.27. The molecule has 0 aliphatic rings. The average Bonchev–Trinajstić information content (AvgIpc) is 2.82. The van der Waals surface area contributed by atoms with E-state index >= 15 is 0 Å². The average molecular weight is 486 g/mol. The van der Waals surface area contributed by atoms with Crippen molar-refractivity contribution in [2.24, 2.45) is 5.10 Å². The van der Waals surface area contributed by atoms with E-state index in [0.717, 1.165) is 15.6 Å². The highest BCUT2D eigenvalue weighted by Crippen LogP contribution is 2.26. The molecule has 1 N–H and O–H groups in total. The van der Waals surface area contributed by atoms with E-state index in [0.29, 0.717) is 17.3 Å². The summed E-state index contributed by atoms with van der Waals surface area (Å²) >= 11 is 6.07. The van der Waals surface area contributed by atoms with Crippen LogP contribution >= 0.6 is 11.6 Å². The van der Waals surface area contributed by atoms with Crippen LogP contribution in [0.15, 0.2) is 88.9 Å². The SMILES string of the molecule is CCOc1ccc(/C(C)=N/NC(=O)CN(c2cccc(Cl)c2)S(=O)(=O)c2ccccc2)cc1. The highest BCUT2D eigenvalue weighted by molar-refractivity contribution is 7.92. The molecule has 9 heteroatoms. The van der Waals surface area contributed by atoms with Crippen molar-refractivity contribution in [2.75, 3.05) is 17.5 Å². The first kappa shape index (κ1) is 24.3. The van der Waals surface area contributed by atoms with Crippen molar-refractivity contribution in [3.05, 3.63) is 89.4 Å². The van der Waals surface area contributed by atoms with Gasteiger partial charge in [-0.15, -0.1) is 0 Å². The van der Waals surface area contributed by atoms with Crippen molar-refractivity contribution < 1.29 is 17.9 Å². The van der Waals surface area contributed by atoms with Crippen molar-refractivity contribution >= 4 is 38.9 Å². The molecule has 3 rings (SSSR count). The van der Waals surface area contributed by atoms with Crippen molar-refractivity contribution in [3.63, 3.8) is 0 Å². The van der Waals surface area contributed by atoms with E-state index < -0.39 is 22.5 Å². The van der Waals surface area contributed by atoms with Crippen LogP contribution in [-0.4, -0.2) is 33.2 Å². The van der Waals surface area contributed by atoms with Crippen molar-refractivity contribution in [2.45, 2.75) is 18.7 Å². The van der Waals surface area contributed by atoms with Gasteiger partial charge in [0.15, 0.2) is 0 Å². The fraction of sp³-hybridized carbons (Fsp3) is 0.167. The molecule has 7 nitrogen and oxygen atoms in total. The lowest BCUT2D eigenvalue weighted by molar-refractivity contribution is -0.119. The van der Waals surface area contributed by atoms with Crippen LogP contribution in [0.25, 0.3) is 0 Å². The number of nitrogens with one attached hydrogen (secondary N) is 1. The summed E-state index contributed by atoms with van der Waals surface area (Å²) in [6.07, 6.45) is 0. The number of benzene rings is 3. The minimum Gasteiger partial charge on any atom is -0.494 e. The summed E-state index contributed by atoms with van der Waals surface area (Å²) < 4.78 is 33.0. The molecule has 3 aromatic carbocycles. The van der Waals surface area contributed by atoms with Crippen LogP contribution in [0.1, 0.15) is 19.4 Å². The first-order valence-corrected chi connectivity index (χ1v) is 12.0.